The molecule has 116 valence electrons. The highest BCUT2D eigenvalue weighted by atomic mass is 16.4. The van der Waals surface area contributed by atoms with Gasteiger partial charge in [-0.15, -0.1) is 0 Å². The van der Waals surface area contributed by atoms with Crippen LogP contribution in [0.1, 0.15) is 19.3 Å². The molecule has 2 unspecified atom stereocenters. The van der Waals surface area contributed by atoms with Gasteiger partial charge in [0.15, 0.2) is 0 Å². The van der Waals surface area contributed by atoms with Crippen LogP contribution in [0, 0.1) is 11.8 Å². The maximum absolute atomic E-state index is 10.6. The molecule has 0 aliphatic heterocycles. The Labute approximate surface area is 120 Å². The molecule has 0 amide bonds. The highest BCUT2D eigenvalue weighted by Gasteiger charge is 2.32. The van der Waals surface area contributed by atoms with Gasteiger partial charge in [0.2, 0.25) is 0 Å². The monoisotopic (exact) mass is 300 g/mol. The Morgan fingerprint density at radius 1 is 1.05 bits per heavy atom. The lowest BCUT2D eigenvalue weighted by Gasteiger charge is -2.19. The fourth-order valence-electron chi connectivity index (χ4n) is 1.62. The van der Waals surface area contributed by atoms with Gasteiger partial charge in [-0.05, 0) is 12.8 Å². The Hall–Kier alpha value is -2.64. The number of carboxylic acids is 4. The van der Waals surface area contributed by atoms with Crippen molar-refractivity contribution in [3.05, 3.63) is 24.3 Å². The Balaban J connectivity index is 0.000000400. The third kappa shape index (κ3) is 6.90. The summed E-state index contributed by atoms with van der Waals surface area (Å²) in [6, 6.07) is 0. The zero-order valence-corrected chi connectivity index (χ0v) is 11.1. The summed E-state index contributed by atoms with van der Waals surface area (Å²) in [5.74, 6) is -6.13. The molecule has 0 fully saturated rings. The zero-order chi connectivity index (χ0) is 16.6. The number of carbonyl (C=O) groups is 4. The summed E-state index contributed by atoms with van der Waals surface area (Å²) in [5.41, 5.74) is -0.303. The second-order valence-corrected chi connectivity index (χ2v) is 4.29. The Bertz CT molecular complexity index is 477. The molecule has 0 spiro atoms. The molecule has 0 aromatic carbocycles. The minimum atomic E-state index is -1.27. The average Bonchev–Trinajstić information content (AvgIpc) is 2.38. The van der Waals surface area contributed by atoms with Crippen molar-refractivity contribution < 1.29 is 39.6 Å². The largest absolute Gasteiger partial charge is 0.481 e. The first-order valence-corrected chi connectivity index (χ1v) is 5.92. The van der Waals surface area contributed by atoms with E-state index in [4.69, 9.17) is 20.4 Å². The summed E-state index contributed by atoms with van der Waals surface area (Å²) < 4.78 is 0. The number of allylic oxidation sites excluding steroid dienone is 1. The van der Waals surface area contributed by atoms with Gasteiger partial charge in [0.25, 0.3) is 0 Å². The SMILES string of the molecule is C=C(CC(=O)O)C(=O)O.O=C(O)C1C=CCCC1C(=O)O. The first kappa shape index (κ1) is 18.4. The molecule has 0 bridgehead atoms. The molecule has 1 aliphatic carbocycles. The first-order chi connectivity index (χ1) is 9.66. The summed E-state index contributed by atoms with van der Waals surface area (Å²) in [6.07, 6.45) is 3.75. The van der Waals surface area contributed by atoms with Gasteiger partial charge in [-0.2, -0.15) is 0 Å². The third-order valence-corrected chi connectivity index (χ3v) is 2.69. The predicted octanol–water partition coefficient (Wildman–Crippen LogP) is 0.840. The van der Waals surface area contributed by atoms with Gasteiger partial charge in [-0.1, -0.05) is 18.7 Å². The molecule has 1 aliphatic rings. The van der Waals surface area contributed by atoms with Crippen LogP contribution in [0.15, 0.2) is 24.3 Å². The van der Waals surface area contributed by atoms with Crippen molar-refractivity contribution in [2.75, 3.05) is 0 Å². The van der Waals surface area contributed by atoms with Crippen LogP contribution in [0.3, 0.4) is 0 Å². The minimum Gasteiger partial charge on any atom is -0.481 e. The van der Waals surface area contributed by atoms with Crippen molar-refractivity contribution in [3.63, 3.8) is 0 Å². The molecule has 4 N–H and O–H groups in total. The van der Waals surface area contributed by atoms with E-state index in [1.165, 1.54) is 6.08 Å². The van der Waals surface area contributed by atoms with Crippen molar-refractivity contribution in [1.29, 1.82) is 0 Å². The van der Waals surface area contributed by atoms with Gasteiger partial charge in [-0.25, -0.2) is 4.79 Å². The Kier molecular flexibility index (Phi) is 7.44. The second-order valence-electron chi connectivity index (χ2n) is 4.29. The molecule has 0 aromatic rings. The standard InChI is InChI=1S/C8H10O4.C5H6O4/c9-7(10)5-3-1-2-4-6(5)8(11)12;1-3(5(8)9)2-4(6)7/h1,3,5-6H,2,4H2,(H,9,10)(H,11,12);1-2H2,(H,6,7)(H,8,9). The molecule has 0 heterocycles. The van der Waals surface area contributed by atoms with E-state index >= 15 is 0 Å². The minimum absolute atomic E-state index is 0.303. The van der Waals surface area contributed by atoms with E-state index in [2.05, 4.69) is 6.58 Å². The fourth-order valence-corrected chi connectivity index (χ4v) is 1.62. The van der Waals surface area contributed by atoms with Crippen molar-refractivity contribution in [2.24, 2.45) is 11.8 Å². The number of aliphatic carboxylic acids is 4. The maximum atomic E-state index is 10.6. The van der Waals surface area contributed by atoms with Crippen molar-refractivity contribution in [1.82, 2.24) is 0 Å². The predicted molar refractivity (Wildman–Crippen MR) is 69.7 cm³/mol. The lowest BCUT2D eigenvalue weighted by Crippen LogP contribution is -2.30. The summed E-state index contributed by atoms with van der Waals surface area (Å²) in [5, 5.41) is 33.4. The van der Waals surface area contributed by atoms with E-state index < -0.39 is 42.1 Å². The van der Waals surface area contributed by atoms with E-state index in [9.17, 15) is 19.2 Å². The Morgan fingerprint density at radius 3 is 1.90 bits per heavy atom. The van der Waals surface area contributed by atoms with Gasteiger partial charge in [0.1, 0.15) is 0 Å². The molecule has 21 heavy (non-hydrogen) atoms. The lowest BCUT2D eigenvalue weighted by atomic mass is 9.84. The van der Waals surface area contributed by atoms with E-state index in [1.54, 1.807) is 6.08 Å². The molecule has 8 heteroatoms. The van der Waals surface area contributed by atoms with Crippen LogP contribution in [0.4, 0.5) is 0 Å². The van der Waals surface area contributed by atoms with Gasteiger partial charge >= 0.3 is 23.9 Å². The molecule has 8 nitrogen and oxygen atoms in total. The molecular weight excluding hydrogens is 284 g/mol. The normalized spacial score (nSPS) is 19.8. The smallest absolute Gasteiger partial charge is 0.331 e. The van der Waals surface area contributed by atoms with E-state index in [0.29, 0.717) is 12.8 Å². The van der Waals surface area contributed by atoms with Gasteiger partial charge in [0.05, 0.1) is 18.3 Å². The summed E-state index contributed by atoms with van der Waals surface area (Å²) in [6.45, 7) is 3.01. The number of carboxylic acid groups (broad SMARTS) is 4. The van der Waals surface area contributed by atoms with Crippen LogP contribution in [0.5, 0.6) is 0 Å². The van der Waals surface area contributed by atoms with Crippen molar-refractivity contribution in [3.8, 4) is 0 Å². The summed E-state index contributed by atoms with van der Waals surface area (Å²) in [7, 11) is 0. The van der Waals surface area contributed by atoms with Crippen molar-refractivity contribution >= 4 is 23.9 Å². The molecule has 0 saturated heterocycles. The number of hydrogen-bond acceptors (Lipinski definition) is 4. The molecular formula is C13H16O8. The van der Waals surface area contributed by atoms with Crippen LogP contribution < -0.4 is 0 Å². The number of hydrogen-bond donors (Lipinski definition) is 4. The van der Waals surface area contributed by atoms with Crippen LogP contribution in [0.2, 0.25) is 0 Å². The fraction of sp³-hybridized carbons (Fsp3) is 0.385. The van der Waals surface area contributed by atoms with Crippen molar-refractivity contribution in [2.45, 2.75) is 19.3 Å². The first-order valence-electron chi connectivity index (χ1n) is 5.92. The highest BCUT2D eigenvalue weighted by molar-refractivity contribution is 5.91. The quantitative estimate of drug-likeness (QED) is 0.431. The topological polar surface area (TPSA) is 149 Å². The molecule has 0 aromatic heterocycles. The van der Waals surface area contributed by atoms with Crippen LogP contribution in [0.25, 0.3) is 0 Å². The molecule has 0 saturated carbocycles. The number of rotatable bonds is 5. The Morgan fingerprint density at radius 2 is 1.62 bits per heavy atom. The van der Waals surface area contributed by atoms with E-state index in [1.807, 2.05) is 0 Å². The summed E-state index contributed by atoms with van der Waals surface area (Å²) >= 11 is 0. The van der Waals surface area contributed by atoms with E-state index in [-0.39, 0.29) is 5.57 Å². The lowest BCUT2D eigenvalue weighted by molar-refractivity contribution is -0.152. The summed E-state index contributed by atoms with van der Waals surface area (Å²) in [4.78, 5) is 40.8. The van der Waals surface area contributed by atoms with Gasteiger partial charge in [0, 0.05) is 5.57 Å². The molecule has 0 radical (unpaired) electrons. The van der Waals surface area contributed by atoms with Crippen LogP contribution >= 0.6 is 0 Å². The average molecular weight is 300 g/mol. The van der Waals surface area contributed by atoms with Crippen LogP contribution in [-0.4, -0.2) is 44.3 Å². The molecule has 2 atom stereocenters. The maximum Gasteiger partial charge on any atom is 0.331 e. The second kappa shape index (κ2) is 8.51. The van der Waals surface area contributed by atoms with Gasteiger partial charge < -0.3 is 20.4 Å². The highest BCUT2D eigenvalue weighted by Crippen LogP contribution is 2.24. The zero-order valence-electron chi connectivity index (χ0n) is 11.1. The van der Waals surface area contributed by atoms with Crippen LogP contribution in [-0.2, 0) is 19.2 Å². The molecule has 1 rings (SSSR count). The van der Waals surface area contributed by atoms with Gasteiger partial charge in [-0.3, -0.25) is 14.4 Å². The third-order valence-electron chi connectivity index (χ3n) is 2.69. The van der Waals surface area contributed by atoms with E-state index in [0.717, 1.165) is 0 Å².